The highest BCUT2D eigenvalue weighted by Crippen LogP contribution is 2.22. The second-order valence-electron chi connectivity index (χ2n) is 6.88. The van der Waals surface area contributed by atoms with Crippen molar-refractivity contribution in [1.29, 1.82) is 0 Å². The zero-order chi connectivity index (χ0) is 15.2. The molecule has 2 heteroatoms. The summed E-state index contributed by atoms with van der Waals surface area (Å²) in [7, 11) is 0. The van der Waals surface area contributed by atoms with Gasteiger partial charge < -0.3 is 10.0 Å². The standard InChI is InChI=1S/C19H39NO/c1-2-3-4-5-6-7-8-9-10-11-16-20-17-12-14-19(20)15-13-18-21/h19,21H,2-18H2,1H3. The quantitative estimate of drug-likeness (QED) is 0.448. The maximum Gasteiger partial charge on any atom is 0.0431 e. The fraction of sp³-hybridized carbons (Fsp3) is 1.00. The van der Waals surface area contributed by atoms with Crippen molar-refractivity contribution in [3.63, 3.8) is 0 Å². The minimum atomic E-state index is 0.364. The Morgan fingerprint density at radius 3 is 2.10 bits per heavy atom. The number of likely N-dealkylation sites (tertiary alicyclic amines) is 1. The third-order valence-electron chi connectivity index (χ3n) is 4.99. The van der Waals surface area contributed by atoms with Gasteiger partial charge in [0.2, 0.25) is 0 Å². The zero-order valence-corrected chi connectivity index (χ0v) is 14.5. The van der Waals surface area contributed by atoms with E-state index in [1.807, 2.05) is 0 Å². The number of rotatable bonds is 14. The smallest absolute Gasteiger partial charge is 0.0431 e. The van der Waals surface area contributed by atoms with Crippen LogP contribution in [0.25, 0.3) is 0 Å². The van der Waals surface area contributed by atoms with Crippen LogP contribution in [-0.4, -0.2) is 35.7 Å². The van der Waals surface area contributed by atoms with Crippen molar-refractivity contribution in [2.75, 3.05) is 19.7 Å². The van der Waals surface area contributed by atoms with Crippen LogP contribution in [0.5, 0.6) is 0 Å². The summed E-state index contributed by atoms with van der Waals surface area (Å²) in [6, 6.07) is 0.774. The molecule has 1 N–H and O–H groups in total. The minimum absolute atomic E-state index is 0.364. The molecule has 1 atom stereocenters. The van der Waals surface area contributed by atoms with Crippen LogP contribution in [0.3, 0.4) is 0 Å². The third-order valence-corrected chi connectivity index (χ3v) is 4.99. The Bertz CT molecular complexity index is 220. The summed E-state index contributed by atoms with van der Waals surface area (Å²) in [5.41, 5.74) is 0. The van der Waals surface area contributed by atoms with Crippen LogP contribution < -0.4 is 0 Å². The van der Waals surface area contributed by atoms with E-state index in [4.69, 9.17) is 5.11 Å². The van der Waals surface area contributed by atoms with E-state index >= 15 is 0 Å². The Morgan fingerprint density at radius 2 is 1.48 bits per heavy atom. The van der Waals surface area contributed by atoms with E-state index in [1.165, 1.54) is 96.6 Å². The molecule has 0 aromatic carbocycles. The van der Waals surface area contributed by atoms with Gasteiger partial charge in [-0.15, -0.1) is 0 Å². The Morgan fingerprint density at radius 1 is 0.857 bits per heavy atom. The molecule has 0 aliphatic carbocycles. The van der Waals surface area contributed by atoms with E-state index in [9.17, 15) is 0 Å². The molecule has 0 aromatic rings. The molecule has 1 saturated heterocycles. The molecule has 126 valence electrons. The molecule has 0 aromatic heterocycles. The van der Waals surface area contributed by atoms with Crippen molar-refractivity contribution in [2.24, 2.45) is 0 Å². The lowest BCUT2D eigenvalue weighted by Gasteiger charge is -2.24. The van der Waals surface area contributed by atoms with Gasteiger partial charge in [-0.1, -0.05) is 64.7 Å². The molecule has 1 aliphatic rings. The van der Waals surface area contributed by atoms with Gasteiger partial charge in [-0.25, -0.2) is 0 Å². The van der Waals surface area contributed by atoms with Crippen LogP contribution >= 0.6 is 0 Å². The summed E-state index contributed by atoms with van der Waals surface area (Å²) in [6.07, 6.45) is 19.2. The average Bonchev–Trinajstić information content (AvgIpc) is 2.94. The van der Waals surface area contributed by atoms with Gasteiger partial charge in [0.25, 0.3) is 0 Å². The molecule has 1 heterocycles. The average molecular weight is 298 g/mol. The lowest BCUT2D eigenvalue weighted by Crippen LogP contribution is -2.30. The van der Waals surface area contributed by atoms with E-state index in [1.54, 1.807) is 0 Å². The van der Waals surface area contributed by atoms with Crippen molar-refractivity contribution < 1.29 is 5.11 Å². The van der Waals surface area contributed by atoms with Crippen LogP contribution in [0.2, 0.25) is 0 Å². The van der Waals surface area contributed by atoms with Gasteiger partial charge in [-0.3, -0.25) is 0 Å². The lowest BCUT2D eigenvalue weighted by atomic mass is 10.1. The lowest BCUT2D eigenvalue weighted by molar-refractivity contribution is 0.213. The summed E-state index contributed by atoms with van der Waals surface area (Å²) in [6.45, 7) is 5.25. The largest absolute Gasteiger partial charge is 0.396 e. The third kappa shape index (κ3) is 9.52. The second kappa shape index (κ2) is 13.6. The molecule has 0 bridgehead atoms. The normalized spacial score (nSPS) is 19.4. The molecule has 0 radical (unpaired) electrons. The molecule has 1 aliphatic heterocycles. The van der Waals surface area contributed by atoms with E-state index in [0.29, 0.717) is 6.61 Å². The number of hydrogen-bond donors (Lipinski definition) is 1. The van der Waals surface area contributed by atoms with Gasteiger partial charge >= 0.3 is 0 Å². The van der Waals surface area contributed by atoms with Gasteiger partial charge in [-0.2, -0.15) is 0 Å². The zero-order valence-electron chi connectivity index (χ0n) is 14.5. The van der Waals surface area contributed by atoms with Gasteiger partial charge in [0.05, 0.1) is 0 Å². The Labute approximate surface area is 133 Å². The van der Waals surface area contributed by atoms with Crippen LogP contribution in [0, 0.1) is 0 Å². The first-order valence-electron chi connectivity index (χ1n) is 9.73. The van der Waals surface area contributed by atoms with Crippen LogP contribution in [0.4, 0.5) is 0 Å². The first kappa shape index (κ1) is 19.0. The predicted molar refractivity (Wildman–Crippen MR) is 92.8 cm³/mol. The molecule has 1 rings (SSSR count). The molecular formula is C19H39NO. The minimum Gasteiger partial charge on any atom is -0.396 e. The van der Waals surface area contributed by atoms with Crippen molar-refractivity contribution in [3.8, 4) is 0 Å². The molecule has 0 amide bonds. The van der Waals surface area contributed by atoms with E-state index in [0.717, 1.165) is 12.5 Å². The summed E-state index contributed by atoms with van der Waals surface area (Å²) < 4.78 is 0. The summed E-state index contributed by atoms with van der Waals surface area (Å²) in [5.74, 6) is 0. The maximum atomic E-state index is 8.96. The van der Waals surface area contributed by atoms with Crippen LogP contribution in [0.1, 0.15) is 96.8 Å². The molecule has 2 nitrogen and oxygen atoms in total. The molecule has 21 heavy (non-hydrogen) atoms. The van der Waals surface area contributed by atoms with Gasteiger partial charge in [0, 0.05) is 12.6 Å². The first-order chi connectivity index (χ1) is 10.4. The summed E-state index contributed by atoms with van der Waals surface area (Å²) >= 11 is 0. The van der Waals surface area contributed by atoms with E-state index in [2.05, 4.69) is 11.8 Å². The maximum absolute atomic E-state index is 8.96. The highest BCUT2D eigenvalue weighted by Gasteiger charge is 2.22. The Kier molecular flexibility index (Phi) is 12.3. The van der Waals surface area contributed by atoms with Crippen molar-refractivity contribution in [2.45, 2.75) is 103 Å². The number of aliphatic hydroxyl groups excluding tert-OH is 1. The molecular weight excluding hydrogens is 258 g/mol. The van der Waals surface area contributed by atoms with Gasteiger partial charge in [-0.05, 0) is 45.2 Å². The van der Waals surface area contributed by atoms with E-state index < -0.39 is 0 Å². The number of unbranched alkanes of at least 4 members (excludes halogenated alkanes) is 9. The Balaban J connectivity index is 1.87. The van der Waals surface area contributed by atoms with Crippen molar-refractivity contribution in [1.82, 2.24) is 4.90 Å². The number of aliphatic hydroxyl groups is 1. The molecule has 1 unspecified atom stereocenters. The monoisotopic (exact) mass is 297 g/mol. The van der Waals surface area contributed by atoms with Gasteiger partial charge in [0.15, 0.2) is 0 Å². The molecule has 0 saturated carbocycles. The summed E-state index contributed by atoms with van der Waals surface area (Å²) in [5, 5.41) is 8.96. The molecule has 1 fully saturated rings. The van der Waals surface area contributed by atoms with Crippen LogP contribution in [0.15, 0.2) is 0 Å². The Hall–Kier alpha value is -0.0800. The van der Waals surface area contributed by atoms with E-state index in [-0.39, 0.29) is 0 Å². The number of hydrogen-bond acceptors (Lipinski definition) is 2. The second-order valence-corrected chi connectivity index (χ2v) is 6.88. The highest BCUT2D eigenvalue weighted by molar-refractivity contribution is 4.78. The fourth-order valence-corrected chi connectivity index (χ4v) is 3.65. The SMILES string of the molecule is CCCCCCCCCCCCN1CCCC1CCCO. The fourth-order valence-electron chi connectivity index (χ4n) is 3.65. The van der Waals surface area contributed by atoms with Crippen LogP contribution in [-0.2, 0) is 0 Å². The van der Waals surface area contributed by atoms with Gasteiger partial charge in [0.1, 0.15) is 0 Å². The number of nitrogens with zero attached hydrogens (tertiary/aromatic N) is 1. The topological polar surface area (TPSA) is 23.5 Å². The first-order valence-corrected chi connectivity index (χ1v) is 9.73. The highest BCUT2D eigenvalue weighted by atomic mass is 16.2. The predicted octanol–water partition coefficient (Wildman–Crippen LogP) is 5.14. The molecule has 0 spiro atoms. The van der Waals surface area contributed by atoms with Crippen molar-refractivity contribution in [3.05, 3.63) is 0 Å². The summed E-state index contributed by atoms with van der Waals surface area (Å²) in [4.78, 5) is 2.68. The van der Waals surface area contributed by atoms with Crippen molar-refractivity contribution >= 4 is 0 Å².